The second-order valence-electron chi connectivity index (χ2n) is 8.84. The van der Waals surface area contributed by atoms with E-state index in [4.69, 9.17) is 4.74 Å². The van der Waals surface area contributed by atoms with Crippen LogP contribution in [0.1, 0.15) is 5.56 Å². The van der Waals surface area contributed by atoms with Crippen LogP contribution in [-0.2, 0) is 16.7 Å². The van der Waals surface area contributed by atoms with Crippen molar-refractivity contribution in [3.8, 4) is 17.2 Å². The molecule has 1 saturated carbocycles. The summed E-state index contributed by atoms with van der Waals surface area (Å²) in [5.74, 6) is 0.0399. The Bertz CT molecular complexity index is 1250. The quantitative estimate of drug-likeness (QED) is 0.602. The first-order valence-corrected chi connectivity index (χ1v) is 10.9. The highest BCUT2D eigenvalue weighted by Gasteiger charge is 2.68. The smallest absolute Gasteiger partial charge is 0.414 e. The molecule has 1 aliphatic carbocycles. The zero-order valence-corrected chi connectivity index (χ0v) is 18.9. The molecule has 3 atom stereocenters. The molecule has 0 radical (unpaired) electrons. The van der Waals surface area contributed by atoms with Gasteiger partial charge in [0.05, 0.1) is 30.8 Å². The second-order valence-corrected chi connectivity index (χ2v) is 8.84. The van der Waals surface area contributed by atoms with Gasteiger partial charge >= 0.3 is 6.09 Å². The van der Waals surface area contributed by atoms with Crippen LogP contribution in [-0.4, -0.2) is 46.8 Å². The summed E-state index contributed by atoms with van der Waals surface area (Å²) in [6, 6.07) is 14.9. The number of carbonyl (C=O) groups is 1. The van der Waals surface area contributed by atoms with Gasteiger partial charge in [0, 0.05) is 42.4 Å². The molecule has 3 heterocycles. The summed E-state index contributed by atoms with van der Waals surface area (Å²) in [6.45, 7) is 2.38. The molecule has 1 N–H and O–H groups in total. The number of benzene rings is 2. The van der Waals surface area contributed by atoms with Crippen LogP contribution in [0.15, 0.2) is 54.9 Å². The molecular formula is C24H22ClFN6O2. The van der Waals surface area contributed by atoms with E-state index in [0.29, 0.717) is 24.3 Å². The van der Waals surface area contributed by atoms with Gasteiger partial charge in [-0.1, -0.05) is 29.5 Å². The van der Waals surface area contributed by atoms with Gasteiger partial charge in [-0.3, -0.25) is 4.90 Å². The topological polar surface area (TPSA) is 96.1 Å². The first-order valence-electron chi connectivity index (χ1n) is 10.9. The van der Waals surface area contributed by atoms with Gasteiger partial charge in [0.1, 0.15) is 11.9 Å². The number of amides is 1. The average molecular weight is 481 g/mol. The zero-order chi connectivity index (χ0) is 22.6. The Balaban J connectivity index is 0.00000241. The Hall–Kier alpha value is -3.48. The minimum atomic E-state index is -0.698. The third kappa shape index (κ3) is 3.42. The van der Waals surface area contributed by atoms with Crippen LogP contribution in [0.25, 0.3) is 11.1 Å². The summed E-state index contributed by atoms with van der Waals surface area (Å²) in [4.78, 5) is 13.9. The summed E-state index contributed by atoms with van der Waals surface area (Å²) in [5, 5.41) is 20.7. The van der Waals surface area contributed by atoms with E-state index in [1.165, 1.54) is 6.07 Å². The molecule has 2 saturated heterocycles. The largest absolute Gasteiger partial charge is 0.442 e. The summed E-state index contributed by atoms with van der Waals surface area (Å²) in [5.41, 5.74) is 2.08. The van der Waals surface area contributed by atoms with Gasteiger partial charge in [-0.05, 0) is 29.3 Å². The maximum atomic E-state index is 15.1. The number of aromatic nitrogens is 3. The number of nitrogens with one attached hydrogen (secondary N) is 1. The Labute approximate surface area is 201 Å². The van der Waals surface area contributed by atoms with Crippen LogP contribution >= 0.6 is 12.4 Å². The lowest BCUT2D eigenvalue weighted by Crippen LogP contribution is -2.26. The van der Waals surface area contributed by atoms with E-state index in [1.807, 2.05) is 30.3 Å². The van der Waals surface area contributed by atoms with Gasteiger partial charge in [-0.15, -0.1) is 17.5 Å². The van der Waals surface area contributed by atoms with Crippen molar-refractivity contribution in [1.29, 1.82) is 5.26 Å². The van der Waals surface area contributed by atoms with Gasteiger partial charge in [0.25, 0.3) is 0 Å². The van der Waals surface area contributed by atoms with Crippen molar-refractivity contribution in [1.82, 2.24) is 20.3 Å². The molecule has 3 fully saturated rings. The van der Waals surface area contributed by atoms with E-state index in [1.54, 1.807) is 28.0 Å². The molecule has 3 aliphatic rings. The molecule has 6 rings (SSSR count). The highest BCUT2D eigenvalue weighted by molar-refractivity contribution is 5.90. The summed E-state index contributed by atoms with van der Waals surface area (Å²) in [7, 11) is 0. The Morgan fingerprint density at radius 3 is 2.56 bits per heavy atom. The molecule has 174 valence electrons. The van der Waals surface area contributed by atoms with Gasteiger partial charge in [-0.2, -0.15) is 5.26 Å². The van der Waals surface area contributed by atoms with Crippen molar-refractivity contribution in [3.63, 3.8) is 0 Å². The number of fused-ring (bicyclic) bond motifs is 1. The molecule has 8 nitrogen and oxygen atoms in total. The second kappa shape index (κ2) is 8.38. The van der Waals surface area contributed by atoms with Crippen LogP contribution in [0.4, 0.5) is 14.9 Å². The fourth-order valence-electron chi connectivity index (χ4n) is 5.39. The molecule has 10 heteroatoms. The summed E-state index contributed by atoms with van der Waals surface area (Å²) < 4.78 is 22.2. The van der Waals surface area contributed by atoms with Crippen LogP contribution in [0.5, 0.6) is 0 Å². The molecule has 2 aromatic carbocycles. The lowest BCUT2D eigenvalue weighted by molar-refractivity contribution is 0.129. The van der Waals surface area contributed by atoms with Crippen LogP contribution in [0.2, 0.25) is 0 Å². The van der Waals surface area contributed by atoms with E-state index < -0.39 is 11.5 Å². The lowest BCUT2D eigenvalue weighted by Gasteiger charge is -2.16. The fourth-order valence-corrected chi connectivity index (χ4v) is 5.39. The lowest BCUT2D eigenvalue weighted by atomic mass is 9.90. The third-order valence-corrected chi connectivity index (χ3v) is 7.12. The predicted molar refractivity (Wildman–Crippen MR) is 124 cm³/mol. The van der Waals surface area contributed by atoms with Crippen molar-refractivity contribution in [2.45, 2.75) is 18.1 Å². The molecule has 0 bridgehead atoms. The minimum absolute atomic E-state index is 0. The highest BCUT2D eigenvalue weighted by atomic mass is 35.5. The van der Waals surface area contributed by atoms with Gasteiger partial charge in [0.2, 0.25) is 0 Å². The molecule has 1 amide bonds. The van der Waals surface area contributed by atoms with Crippen molar-refractivity contribution >= 4 is 24.2 Å². The maximum Gasteiger partial charge on any atom is 0.414 e. The number of carbonyl (C=O) groups excluding carboxylic acids is 1. The predicted octanol–water partition coefficient (Wildman–Crippen LogP) is 3.14. The molecule has 0 spiro atoms. The minimum Gasteiger partial charge on any atom is -0.442 e. The first kappa shape index (κ1) is 22.3. The Morgan fingerprint density at radius 1 is 1.18 bits per heavy atom. The number of nitrogens with zero attached hydrogens (tertiary/aromatic N) is 5. The van der Waals surface area contributed by atoms with Crippen LogP contribution < -0.4 is 10.2 Å². The van der Waals surface area contributed by atoms with Crippen LogP contribution in [0.3, 0.4) is 0 Å². The standard InChI is InChI=1S/C24H21FN6O2.ClH/c25-22-9-16(3-6-19(22)24(14-26)20-10-27-11-21(20)24)15-1-4-17(5-2-15)31-13-18(33-23(31)32)12-30-8-7-28-29-30;/h1-9,18,20-21,27H,10-13H2;1H/t18-,20?,21?,24?;/m0./s1. The van der Waals surface area contributed by atoms with Gasteiger partial charge in [0.15, 0.2) is 0 Å². The van der Waals surface area contributed by atoms with Crippen LogP contribution in [0, 0.1) is 29.0 Å². The number of hydrogen-bond donors (Lipinski definition) is 1. The molecular weight excluding hydrogens is 459 g/mol. The van der Waals surface area contributed by atoms with Crippen molar-refractivity contribution in [2.75, 3.05) is 24.5 Å². The highest BCUT2D eigenvalue weighted by Crippen LogP contribution is 2.61. The molecule has 3 aromatic rings. The van der Waals surface area contributed by atoms with E-state index in [2.05, 4.69) is 21.7 Å². The van der Waals surface area contributed by atoms with Gasteiger partial charge in [-0.25, -0.2) is 13.9 Å². The monoisotopic (exact) mass is 480 g/mol. The maximum absolute atomic E-state index is 15.1. The zero-order valence-electron chi connectivity index (χ0n) is 18.1. The van der Waals surface area contributed by atoms with Crippen molar-refractivity contribution in [3.05, 3.63) is 66.2 Å². The number of piperidine rings is 1. The van der Waals surface area contributed by atoms with Crippen molar-refractivity contribution in [2.24, 2.45) is 11.8 Å². The third-order valence-electron chi connectivity index (χ3n) is 7.12. The number of cyclic esters (lactones) is 1. The molecule has 34 heavy (non-hydrogen) atoms. The number of anilines is 1. The first-order chi connectivity index (χ1) is 16.1. The Kier molecular flexibility index (Phi) is 5.50. The molecule has 1 aromatic heterocycles. The molecule has 2 unspecified atom stereocenters. The SMILES string of the molecule is Cl.N#CC1(c2ccc(-c3ccc(N4C[C@H](Cn5ccnn5)OC4=O)cc3)cc2F)C2CNCC21. The van der Waals surface area contributed by atoms with E-state index >= 15 is 4.39 Å². The molecule has 2 aliphatic heterocycles. The van der Waals surface area contributed by atoms with Gasteiger partial charge < -0.3 is 10.1 Å². The van der Waals surface area contributed by atoms with E-state index in [9.17, 15) is 10.1 Å². The average Bonchev–Trinajstić information content (AvgIpc) is 3.35. The normalized spacial score (nSPS) is 27.0. The Morgan fingerprint density at radius 2 is 1.91 bits per heavy atom. The summed E-state index contributed by atoms with van der Waals surface area (Å²) >= 11 is 0. The van der Waals surface area contributed by atoms with E-state index in [-0.39, 0.29) is 36.2 Å². The number of ether oxygens (including phenoxy) is 1. The summed E-state index contributed by atoms with van der Waals surface area (Å²) in [6.07, 6.45) is 2.58. The van der Waals surface area contributed by atoms with E-state index in [0.717, 1.165) is 24.2 Å². The fraction of sp³-hybridized carbons (Fsp3) is 0.333. The van der Waals surface area contributed by atoms with Crippen molar-refractivity contribution < 1.29 is 13.9 Å². The number of hydrogen-bond acceptors (Lipinski definition) is 6. The number of halogens is 2. The number of rotatable bonds is 5. The number of nitriles is 1.